The van der Waals surface area contributed by atoms with Crippen molar-refractivity contribution in [3.63, 3.8) is 0 Å². The average molecular weight is 303 g/mol. The Morgan fingerprint density at radius 1 is 1.11 bits per heavy atom. The highest BCUT2D eigenvalue weighted by Gasteiger charge is 2.03. The molecule has 0 saturated heterocycles. The molecule has 6 heteroatoms. The molecule has 0 spiro atoms. The quantitative estimate of drug-likeness (QED) is 0.924. The Labute approximate surface area is 120 Å². The monoisotopic (exact) mass is 301 g/mol. The molecule has 0 bridgehead atoms. The van der Waals surface area contributed by atoms with E-state index in [1.165, 1.54) is 6.33 Å². The number of halogens is 3. The van der Waals surface area contributed by atoms with Gasteiger partial charge in [0, 0.05) is 16.6 Å². The van der Waals surface area contributed by atoms with Crippen molar-refractivity contribution in [3.05, 3.63) is 51.4 Å². The molecule has 0 amide bonds. The van der Waals surface area contributed by atoms with Gasteiger partial charge in [-0.1, -0.05) is 40.9 Å². The highest BCUT2D eigenvalue weighted by molar-refractivity contribution is 6.35. The maximum absolute atomic E-state index is 6.08. The fourth-order valence-corrected chi connectivity index (χ4v) is 2.16. The Hall–Kier alpha value is -1.03. The van der Waals surface area contributed by atoms with Crippen LogP contribution in [-0.2, 0) is 6.42 Å². The Morgan fingerprint density at radius 3 is 2.67 bits per heavy atom. The van der Waals surface area contributed by atoms with Gasteiger partial charge in [-0.25, -0.2) is 9.97 Å². The number of benzene rings is 1. The van der Waals surface area contributed by atoms with Crippen molar-refractivity contribution in [2.45, 2.75) is 6.42 Å². The maximum Gasteiger partial charge on any atom is 0.148 e. The van der Waals surface area contributed by atoms with Crippen LogP contribution in [0, 0.1) is 0 Å². The normalized spacial score (nSPS) is 10.4. The van der Waals surface area contributed by atoms with E-state index in [0.717, 1.165) is 12.0 Å². The first-order chi connectivity index (χ1) is 8.66. The van der Waals surface area contributed by atoms with E-state index in [9.17, 15) is 0 Å². The molecule has 3 nitrogen and oxygen atoms in total. The molecule has 0 radical (unpaired) electrons. The van der Waals surface area contributed by atoms with E-state index in [1.807, 2.05) is 12.1 Å². The molecular formula is C12H10Cl3N3. The summed E-state index contributed by atoms with van der Waals surface area (Å²) in [5.41, 5.74) is 1.03. The number of rotatable bonds is 4. The van der Waals surface area contributed by atoms with Gasteiger partial charge in [0.05, 0.1) is 6.20 Å². The second-order valence-electron chi connectivity index (χ2n) is 3.63. The summed E-state index contributed by atoms with van der Waals surface area (Å²) in [6, 6.07) is 5.46. The van der Waals surface area contributed by atoms with E-state index in [1.54, 1.807) is 12.3 Å². The van der Waals surface area contributed by atoms with E-state index in [0.29, 0.717) is 27.4 Å². The fourth-order valence-electron chi connectivity index (χ4n) is 1.48. The van der Waals surface area contributed by atoms with E-state index in [4.69, 9.17) is 34.8 Å². The predicted molar refractivity (Wildman–Crippen MR) is 75.7 cm³/mol. The molecular weight excluding hydrogens is 293 g/mol. The van der Waals surface area contributed by atoms with Gasteiger partial charge in [-0.15, -0.1) is 0 Å². The van der Waals surface area contributed by atoms with Crippen molar-refractivity contribution in [1.82, 2.24) is 9.97 Å². The lowest BCUT2D eigenvalue weighted by Gasteiger charge is -2.08. The molecule has 1 aromatic carbocycles. The highest BCUT2D eigenvalue weighted by atomic mass is 35.5. The standard InChI is InChI=1S/C12H10Cl3N3/c13-9-2-1-8(10(14)5-9)3-4-17-12-11(15)6-16-7-18-12/h1-2,5-7H,3-4H2,(H,16,17,18). The minimum atomic E-state index is 0.500. The van der Waals surface area contributed by atoms with Crippen LogP contribution in [-0.4, -0.2) is 16.5 Å². The largest absolute Gasteiger partial charge is 0.368 e. The van der Waals surface area contributed by atoms with E-state index >= 15 is 0 Å². The van der Waals surface area contributed by atoms with Gasteiger partial charge < -0.3 is 5.32 Å². The van der Waals surface area contributed by atoms with Crippen LogP contribution in [0.3, 0.4) is 0 Å². The Kier molecular flexibility index (Phi) is 4.64. The van der Waals surface area contributed by atoms with Gasteiger partial charge in [-0.2, -0.15) is 0 Å². The van der Waals surface area contributed by atoms with Gasteiger partial charge in [0.25, 0.3) is 0 Å². The molecule has 0 unspecified atom stereocenters. The third-order valence-electron chi connectivity index (χ3n) is 2.37. The lowest BCUT2D eigenvalue weighted by Crippen LogP contribution is -2.07. The molecule has 1 N–H and O–H groups in total. The number of hydrogen-bond donors (Lipinski definition) is 1. The summed E-state index contributed by atoms with van der Waals surface area (Å²) in [6.45, 7) is 0.679. The molecule has 2 aromatic rings. The second-order valence-corrected chi connectivity index (χ2v) is 4.88. The van der Waals surface area contributed by atoms with Crippen molar-refractivity contribution in [1.29, 1.82) is 0 Å². The van der Waals surface area contributed by atoms with Crippen LogP contribution < -0.4 is 5.32 Å². The topological polar surface area (TPSA) is 37.8 Å². The summed E-state index contributed by atoms with van der Waals surface area (Å²) < 4.78 is 0. The highest BCUT2D eigenvalue weighted by Crippen LogP contribution is 2.22. The van der Waals surface area contributed by atoms with Crippen LogP contribution in [0.5, 0.6) is 0 Å². The predicted octanol–water partition coefficient (Wildman–Crippen LogP) is 4.09. The molecule has 0 atom stereocenters. The van der Waals surface area contributed by atoms with E-state index < -0.39 is 0 Å². The van der Waals surface area contributed by atoms with Crippen molar-refractivity contribution < 1.29 is 0 Å². The molecule has 18 heavy (non-hydrogen) atoms. The van der Waals surface area contributed by atoms with Gasteiger partial charge in [0.1, 0.15) is 17.2 Å². The maximum atomic E-state index is 6.08. The molecule has 0 saturated carbocycles. The summed E-state index contributed by atoms with van der Waals surface area (Å²) in [5, 5.41) is 4.93. The molecule has 1 aromatic heterocycles. The molecule has 1 heterocycles. The summed E-state index contributed by atoms with van der Waals surface area (Å²) in [4.78, 5) is 7.85. The first-order valence-corrected chi connectivity index (χ1v) is 6.43. The van der Waals surface area contributed by atoms with E-state index in [2.05, 4.69) is 15.3 Å². The fraction of sp³-hybridized carbons (Fsp3) is 0.167. The van der Waals surface area contributed by atoms with E-state index in [-0.39, 0.29) is 0 Å². The molecule has 2 rings (SSSR count). The van der Waals surface area contributed by atoms with Crippen LogP contribution in [0.15, 0.2) is 30.7 Å². The van der Waals surface area contributed by atoms with Crippen LogP contribution in [0.4, 0.5) is 5.82 Å². The van der Waals surface area contributed by atoms with Crippen LogP contribution >= 0.6 is 34.8 Å². The second kappa shape index (κ2) is 6.23. The lowest BCUT2D eigenvalue weighted by atomic mass is 10.1. The zero-order valence-corrected chi connectivity index (χ0v) is 11.6. The zero-order chi connectivity index (χ0) is 13.0. The van der Waals surface area contributed by atoms with Crippen molar-refractivity contribution in [2.24, 2.45) is 0 Å². The van der Waals surface area contributed by atoms with Gasteiger partial charge >= 0.3 is 0 Å². The SMILES string of the molecule is Clc1ccc(CCNc2ncncc2Cl)c(Cl)c1. The number of aromatic nitrogens is 2. The minimum Gasteiger partial charge on any atom is -0.368 e. The number of nitrogens with one attached hydrogen (secondary N) is 1. The van der Waals surface area contributed by atoms with Crippen LogP contribution in [0.2, 0.25) is 15.1 Å². The number of nitrogens with zero attached hydrogens (tertiary/aromatic N) is 2. The number of hydrogen-bond acceptors (Lipinski definition) is 3. The summed E-state index contributed by atoms with van der Waals surface area (Å²) in [6.07, 6.45) is 3.76. The third-order valence-corrected chi connectivity index (χ3v) is 3.23. The molecule has 0 aliphatic rings. The van der Waals surface area contributed by atoms with Crippen molar-refractivity contribution >= 4 is 40.6 Å². The molecule has 94 valence electrons. The van der Waals surface area contributed by atoms with Gasteiger partial charge in [-0.3, -0.25) is 0 Å². The van der Waals surface area contributed by atoms with Crippen molar-refractivity contribution in [2.75, 3.05) is 11.9 Å². The Morgan fingerprint density at radius 2 is 1.94 bits per heavy atom. The number of anilines is 1. The van der Waals surface area contributed by atoms with Gasteiger partial charge in [0.2, 0.25) is 0 Å². The van der Waals surface area contributed by atoms with Crippen LogP contribution in [0.25, 0.3) is 0 Å². The summed E-state index contributed by atoms with van der Waals surface area (Å²) in [7, 11) is 0. The first kappa shape index (κ1) is 13.4. The van der Waals surface area contributed by atoms with Gasteiger partial charge in [0.15, 0.2) is 0 Å². The molecule has 0 aliphatic heterocycles. The summed E-state index contributed by atoms with van der Waals surface area (Å²) >= 11 is 17.8. The molecule has 0 aliphatic carbocycles. The third kappa shape index (κ3) is 3.48. The van der Waals surface area contributed by atoms with Gasteiger partial charge in [-0.05, 0) is 24.1 Å². The van der Waals surface area contributed by atoms with Crippen LogP contribution in [0.1, 0.15) is 5.56 Å². The Balaban J connectivity index is 1.95. The first-order valence-electron chi connectivity index (χ1n) is 5.30. The lowest BCUT2D eigenvalue weighted by molar-refractivity contribution is 0.999. The minimum absolute atomic E-state index is 0.500. The smallest absolute Gasteiger partial charge is 0.148 e. The summed E-state index contributed by atoms with van der Waals surface area (Å²) in [5.74, 6) is 0.622. The van der Waals surface area contributed by atoms with Crippen molar-refractivity contribution in [3.8, 4) is 0 Å². The zero-order valence-electron chi connectivity index (χ0n) is 9.33. The molecule has 0 fully saturated rings. The Bertz CT molecular complexity index is 546. The average Bonchev–Trinajstić information content (AvgIpc) is 2.34.